The SMILES string of the molecule is N#Cc1ccccc1NC(=O)CCN1CCCCC1. The molecule has 100 valence electrons. The average molecular weight is 257 g/mol. The van der Waals surface area contributed by atoms with E-state index in [1.54, 1.807) is 18.2 Å². The number of amides is 1. The molecule has 1 saturated heterocycles. The topological polar surface area (TPSA) is 56.1 Å². The van der Waals surface area contributed by atoms with Crippen molar-refractivity contribution in [3.05, 3.63) is 29.8 Å². The summed E-state index contributed by atoms with van der Waals surface area (Å²) in [6, 6.07) is 9.17. The van der Waals surface area contributed by atoms with Crippen LogP contribution in [-0.2, 0) is 4.79 Å². The summed E-state index contributed by atoms with van der Waals surface area (Å²) < 4.78 is 0. The van der Waals surface area contributed by atoms with Gasteiger partial charge in [0.05, 0.1) is 11.3 Å². The Labute approximate surface area is 114 Å². The highest BCUT2D eigenvalue weighted by molar-refractivity contribution is 5.92. The van der Waals surface area contributed by atoms with E-state index >= 15 is 0 Å². The van der Waals surface area contributed by atoms with Gasteiger partial charge in [-0.05, 0) is 38.1 Å². The van der Waals surface area contributed by atoms with Crippen LogP contribution in [0.2, 0.25) is 0 Å². The number of benzene rings is 1. The molecule has 0 radical (unpaired) electrons. The second-order valence-corrected chi connectivity index (χ2v) is 4.86. The first-order chi connectivity index (χ1) is 9.29. The molecule has 4 heteroatoms. The molecule has 0 bridgehead atoms. The van der Waals surface area contributed by atoms with Crippen LogP contribution >= 0.6 is 0 Å². The Morgan fingerprint density at radius 3 is 2.74 bits per heavy atom. The fraction of sp³-hybridized carbons (Fsp3) is 0.467. The Bertz CT molecular complexity index is 473. The van der Waals surface area contributed by atoms with Crippen molar-refractivity contribution >= 4 is 11.6 Å². The molecule has 4 nitrogen and oxygen atoms in total. The molecule has 1 aromatic rings. The van der Waals surface area contributed by atoms with Gasteiger partial charge in [-0.3, -0.25) is 4.79 Å². The van der Waals surface area contributed by atoms with Crippen LogP contribution < -0.4 is 5.32 Å². The summed E-state index contributed by atoms with van der Waals surface area (Å²) in [6.45, 7) is 3.00. The first kappa shape index (κ1) is 13.6. The molecule has 0 aliphatic carbocycles. The van der Waals surface area contributed by atoms with Gasteiger partial charge < -0.3 is 10.2 Å². The molecular weight excluding hydrogens is 238 g/mol. The van der Waals surface area contributed by atoms with Crippen molar-refractivity contribution in [1.82, 2.24) is 4.90 Å². The van der Waals surface area contributed by atoms with Crippen LogP contribution in [0.3, 0.4) is 0 Å². The minimum absolute atomic E-state index is 0.0201. The first-order valence-electron chi connectivity index (χ1n) is 6.81. The molecule has 1 fully saturated rings. The Hall–Kier alpha value is -1.86. The van der Waals surface area contributed by atoms with Crippen LogP contribution in [0.25, 0.3) is 0 Å². The summed E-state index contributed by atoms with van der Waals surface area (Å²) in [4.78, 5) is 14.2. The minimum atomic E-state index is -0.0201. The zero-order valence-electron chi connectivity index (χ0n) is 11.1. The number of hydrogen-bond donors (Lipinski definition) is 1. The lowest BCUT2D eigenvalue weighted by Crippen LogP contribution is -2.32. The number of carbonyl (C=O) groups excluding carboxylic acids is 1. The Balaban J connectivity index is 1.82. The van der Waals surface area contributed by atoms with E-state index in [9.17, 15) is 4.79 Å². The lowest BCUT2D eigenvalue weighted by Gasteiger charge is -2.25. The number of nitrogens with zero attached hydrogens (tertiary/aromatic N) is 2. The maximum atomic E-state index is 11.9. The summed E-state index contributed by atoms with van der Waals surface area (Å²) in [5.41, 5.74) is 1.11. The average Bonchev–Trinajstić information content (AvgIpc) is 2.47. The smallest absolute Gasteiger partial charge is 0.225 e. The minimum Gasteiger partial charge on any atom is -0.325 e. The van der Waals surface area contributed by atoms with Crippen LogP contribution in [0, 0.1) is 11.3 Å². The van der Waals surface area contributed by atoms with Gasteiger partial charge >= 0.3 is 0 Å². The Morgan fingerprint density at radius 2 is 2.00 bits per heavy atom. The lowest BCUT2D eigenvalue weighted by atomic mass is 10.1. The lowest BCUT2D eigenvalue weighted by molar-refractivity contribution is -0.116. The number of rotatable bonds is 4. The van der Waals surface area contributed by atoms with E-state index in [0.29, 0.717) is 17.7 Å². The van der Waals surface area contributed by atoms with Crippen LogP contribution in [0.4, 0.5) is 5.69 Å². The fourth-order valence-corrected chi connectivity index (χ4v) is 2.34. The standard InChI is InChI=1S/C15H19N3O/c16-12-13-6-2-3-7-14(13)17-15(19)8-11-18-9-4-1-5-10-18/h2-3,6-7H,1,4-5,8-11H2,(H,17,19). The van der Waals surface area contributed by atoms with Crippen molar-refractivity contribution in [3.8, 4) is 6.07 Å². The first-order valence-corrected chi connectivity index (χ1v) is 6.81. The van der Waals surface area contributed by atoms with E-state index in [0.717, 1.165) is 19.6 Å². The monoisotopic (exact) mass is 257 g/mol. The molecule has 0 saturated carbocycles. The van der Waals surface area contributed by atoms with Gasteiger partial charge in [0.1, 0.15) is 6.07 Å². The van der Waals surface area contributed by atoms with Crippen molar-refractivity contribution in [3.63, 3.8) is 0 Å². The van der Waals surface area contributed by atoms with E-state index in [4.69, 9.17) is 5.26 Å². The van der Waals surface area contributed by atoms with Crippen LogP contribution in [0.1, 0.15) is 31.2 Å². The summed E-state index contributed by atoms with van der Waals surface area (Å²) >= 11 is 0. The molecule has 1 heterocycles. The van der Waals surface area contributed by atoms with Crippen LogP contribution in [-0.4, -0.2) is 30.4 Å². The number of anilines is 1. The van der Waals surface area contributed by atoms with Gasteiger partial charge in [-0.2, -0.15) is 5.26 Å². The van der Waals surface area contributed by atoms with Gasteiger partial charge in [0.25, 0.3) is 0 Å². The third-order valence-electron chi connectivity index (χ3n) is 3.43. The molecule has 1 aliphatic rings. The van der Waals surface area contributed by atoms with Gasteiger partial charge in [-0.25, -0.2) is 0 Å². The third kappa shape index (κ3) is 4.08. The number of hydrogen-bond acceptors (Lipinski definition) is 3. The van der Waals surface area contributed by atoms with Crippen molar-refractivity contribution in [2.75, 3.05) is 25.0 Å². The summed E-state index contributed by atoms with van der Waals surface area (Å²) in [5, 5.41) is 11.8. The van der Waals surface area contributed by atoms with Crippen molar-refractivity contribution in [2.24, 2.45) is 0 Å². The summed E-state index contributed by atoms with van der Waals surface area (Å²) in [6.07, 6.45) is 4.26. The fourth-order valence-electron chi connectivity index (χ4n) is 2.34. The second kappa shape index (κ2) is 6.91. The molecular formula is C15H19N3O. The molecule has 0 spiro atoms. The molecule has 0 atom stereocenters. The van der Waals surface area contributed by atoms with Gasteiger partial charge in [-0.1, -0.05) is 18.6 Å². The maximum absolute atomic E-state index is 11.9. The Kier molecular flexibility index (Phi) is 4.93. The maximum Gasteiger partial charge on any atom is 0.225 e. The molecule has 1 amide bonds. The molecule has 1 aromatic carbocycles. The predicted octanol–water partition coefficient (Wildman–Crippen LogP) is 2.37. The van der Waals surface area contributed by atoms with Gasteiger partial charge in [0.15, 0.2) is 0 Å². The molecule has 0 unspecified atom stereocenters. The highest BCUT2D eigenvalue weighted by Gasteiger charge is 2.12. The van der Waals surface area contributed by atoms with Gasteiger partial charge in [0, 0.05) is 13.0 Å². The van der Waals surface area contributed by atoms with E-state index < -0.39 is 0 Å². The van der Waals surface area contributed by atoms with Gasteiger partial charge in [0.2, 0.25) is 5.91 Å². The van der Waals surface area contributed by atoms with Crippen molar-refractivity contribution in [1.29, 1.82) is 5.26 Å². The number of nitriles is 1. The second-order valence-electron chi connectivity index (χ2n) is 4.86. The molecule has 1 aliphatic heterocycles. The summed E-state index contributed by atoms with van der Waals surface area (Å²) in [7, 11) is 0. The Morgan fingerprint density at radius 1 is 1.26 bits per heavy atom. The molecule has 0 aromatic heterocycles. The van der Waals surface area contributed by atoms with E-state index in [1.165, 1.54) is 19.3 Å². The number of carbonyl (C=O) groups is 1. The number of nitrogens with one attached hydrogen (secondary N) is 1. The molecule has 2 rings (SSSR count). The zero-order valence-corrected chi connectivity index (χ0v) is 11.1. The molecule has 1 N–H and O–H groups in total. The quantitative estimate of drug-likeness (QED) is 0.901. The normalized spacial score (nSPS) is 15.7. The van der Waals surface area contributed by atoms with Crippen LogP contribution in [0.5, 0.6) is 0 Å². The number of likely N-dealkylation sites (tertiary alicyclic amines) is 1. The third-order valence-corrected chi connectivity index (χ3v) is 3.43. The number of para-hydroxylation sites is 1. The highest BCUT2D eigenvalue weighted by Crippen LogP contribution is 2.14. The van der Waals surface area contributed by atoms with Crippen molar-refractivity contribution in [2.45, 2.75) is 25.7 Å². The van der Waals surface area contributed by atoms with Gasteiger partial charge in [-0.15, -0.1) is 0 Å². The van der Waals surface area contributed by atoms with E-state index in [1.807, 2.05) is 6.07 Å². The van der Waals surface area contributed by atoms with Crippen LogP contribution in [0.15, 0.2) is 24.3 Å². The highest BCUT2D eigenvalue weighted by atomic mass is 16.1. The van der Waals surface area contributed by atoms with E-state index in [-0.39, 0.29) is 5.91 Å². The zero-order chi connectivity index (χ0) is 13.5. The van der Waals surface area contributed by atoms with E-state index in [2.05, 4.69) is 16.3 Å². The summed E-state index contributed by atoms with van der Waals surface area (Å²) in [5.74, 6) is -0.0201. The predicted molar refractivity (Wildman–Crippen MR) is 74.7 cm³/mol. The largest absolute Gasteiger partial charge is 0.325 e. The number of piperidine rings is 1. The van der Waals surface area contributed by atoms with Crippen molar-refractivity contribution < 1.29 is 4.79 Å². The molecule has 19 heavy (non-hydrogen) atoms.